The molecule has 0 bridgehead atoms. The first-order valence-corrected chi connectivity index (χ1v) is 6.65. The lowest BCUT2D eigenvalue weighted by Gasteiger charge is -2.16. The van der Waals surface area contributed by atoms with Crippen LogP contribution in [0.4, 0.5) is 0 Å². The molecule has 1 atom stereocenters. The highest BCUT2D eigenvalue weighted by Gasteiger charge is 2.06. The zero-order valence-corrected chi connectivity index (χ0v) is 11.5. The number of ether oxygens (including phenoxy) is 1. The number of pyridine rings is 1. The fraction of sp³-hybridized carbons (Fsp3) is 0.312. The number of benzene rings is 1. The van der Waals surface area contributed by atoms with E-state index in [1.165, 1.54) is 11.1 Å². The molecule has 0 saturated heterocycles. The van der Waals surface area contributed by atoms with Crippen LogP contribution >= 0.6 is 0 Å². The number of hydrogen-bond donors (Lipinski definition) is 1. The summed E-state index contributed by atoms with van der Waals surface area (Å²) in [6.07, 6.45) is 3.64. The van der Waals surface area contributed by atoms with Crippen molar-refractivity contribution in [3.8, 4) is 5.75 Å². The second-order valence-electron chi connectivity index (χ2n) is 4.42. The van der Waals surface area contributed by atoms with Gasteiger partial charge in [0.05, 0.1) is 6.61 Å². The molecule has 19 heavy (non-hydrogen) atoms. The maximum absolute atomic E-state index is 5.62. The van der Waals surface area contributed by atoms with Gasteiger partial charge in [0.15, 0.2) is 0 Å². The predicted molar refractivity (Wildman–Crippen MR) is 77.1 cm³/mol. The number of para-hydroxylation sites is 1. The zero-order chi connectivity index (χ0) is 13.5. The second kappa shape index (κ2) is 6.90. The molecular formula is C16H20N2O. The van der Waals surface area contributed by atoms with Crippen LogP contribution in [0.1, 0.15) is 31.0 Å². The van der Waals surface area contributed by atoms with Crippen molar-refractivity contribution in [2.45, 2.75) is 26.4 Å². The summed E-state index contributed by atoms with van der Waals surface area (Å²) in [7, 11) is 0. The Hall–Kier alpha value is -1.87. The maximum Gasteiger partial charge on any atom is 0.123 e. The van der Waals surface area contributed by atoms with Crippen molar-refractivity contribution in [3.63, 3.8) is 0 Å². The van der Waals surface area contributed by atoms with E-state index in [1.54, 1.807) is 0 Å². The number of aromatic nitrogens is 1. The molecule has 1 N–H and O–H groups in total. The smallest absolute Gasteiger partial charge is 0.123 e. The first kappa shape index (κ1) is 13.6. The Bertz CT molecular complexity index is 499. The first-order chi connectivity index (χ1) is 9.31. The van der Waals surface area contributed by atoms with Crippen LogP contribution in [0.25, 0.3) is 0 Å². The van der Waals surface area contributed by atoms with Crippen LogP contribution in [0.2, 0.25) is 0 Å². The highest BCUT2D eigenvalue weighted by atomic mass is 16.5. The van der Waals surface area contributed by atoms with Crippen LogP contribution in [0.3, 0.4) is 0 Å². The summed E-state index contributed by atoms with van der Waals surface area (Å²) < 4.78 is 5.62. The SMILES string of the molecule is CCOc1ccccc1CN[C@@H](C)c1ccncc1. The normalized spacial score (nSPS) is 12.1. The number of rotatable bonds is 6. The molecule has 3 nitrogen and oxygen atoms in total. The van der Waals surface area contributed by atoms with Gasteiger partial charge in [0, 0.05) is 30.5 Å². The molecule has 0 saturated carbocycles. The van der Waals surface area contributed by atoms with Crippen LogP contribution in [-0.2, 0) is 6.54 Å². The van der Waals surface area contributed by atoms with Crippen molar-refractivity contribution in [1.82, 2.24) is 10.3 Å². The van der Waals surface area contributed by atoms with Gasteiger partial charge in [-0.25, -0.2) is 0 Å². The molecule has 0 aliphatic carbocycles. The minimum Gasteiger partial charge on any atom is -0.494 e. The average molecular weight is 256 g/mol. The lowest BCUT2D eigenvalue weighted by atomic mass is 10.1. The molecule has 100 valence electrons. The molecule has 1 heterocycles. The third-order valence-corrected chi connectivity index (χ3v) is 3.08. The summed E-state index contributed by atoms with van der Waals surface area (Å²) in [4.78, 5) is 4.04. The quantitative estimate of drug-likeness (QED) is 0.860. The van der Waals surface area contributed by atoms with E-state index in [2.05, 4.69) is 23.3 Å². The lowest BCUT2D eigenvalue weighted by molar-refractivity contribution is 0.335. The van der Waals surface area contributed by atoms with E-state index >= 15 is 0 Å². The van der Waals surface area contributed by atoms with Crippen LogP contribution in [0.5, 0.6) is 5.75 Å². The third-order valence-electron chi connectivity index (χ3n) is 3.08. The van der Waals surface area contributed by atoms with E-state index in [9.17, 15) is 0 Å². The minimum absolute atomic E-state index is 0.290. The van der Waals surface area contributed by atoms with Gasteiger partial charge in [0.25, 0.3) is 0 Å². The van der Waals surface area contributed by atoms with Gasteiger partial charge in [-0.05, 0) is 37.6 Å². The summed E-state index contributed by atoms with van der Waals surface area (Å²) >= 11 is 0. The van der Waals surface area contributed by atoms with Crippen LogP contribution in [-0.4, -0.2) is 11.6 Å². The molecule has 0 aliphatic rings. The molecule has 0 radical (unpaired) electrons. The number of hydrogen-bond acceptors (Lipinski definition) is 3. The van der Waals surface area contributed by atoms with Crippen molar-refractivity contribution in [3.05, 3.63) is 59.9 Å². The Morgan fingerprint density at radius 3 is 2.63 bits per heavy atom. The van der Waals surface area contributed by atoms with Crippen molar-refractivity contribution in [1.29, 1.82) is 0 Å². The molecule has 2 aromatic rings. The van der Waals surface area contributed by atoms with Gasteiger partial charge in [-0.2, -0.15) is 0 Å². The fourth-order valence-electron chi connectivity index (χ4n) is 1.98. The van der Waals surface area contributed by atoms with Gasteiger partial charge in [0.1, 0.15) is 5.75 Å². The monoisotopic (exact) mass is 256 g/mol. The Labute approximate surface area is 114 Å². The Kier molecular flexibility index (Phi) is 4.93. The Morgan fingerprint density at radius 2 is 1.89 bits per heavy atom. The van der Waals surface area contributed by atoms with E-state index < -0.39 is 0 Å². The highest BCUT2D eigenvalue weighted by molar-refractivity contribution is 5.33. The molecule has 0 unspecified atom stereocenters. The summed E-state index contributed by atoms with van der Waals surface area (Å²) in [5.74, 6) is 0.958. The zero-order valence-electron chi connectivity index (χ0n) is 11.5. The van der Waals surface area contributed by atoms with E-state index in [4.69, 9.17) is 4.74 Å². The van der Waals surface area contributed by atoms with Gasteiger partial charge in [0.2, 0.25) is 0 Å². The van der Waals surface area contributed by atoms with Gasteiger partial charge in [-0.3, -0.25) is 4.98 Å². The summed E-state index contributed by atoms with van der Waals surface area (Å²) in [5, 5.41) is 3.51. The van der Waals surface area contributed by atoms with Crippen molar-refractivity contribution in [2.24, 2.45) is 0 Å². The van der Waals surface area contributed by atoms with Gasteiger partial charge >= 0.3 is 0 Å². The first-order valence-electron chi connectivity index (χ1n) is 6.65. The number of nitrogens with zero attached hydrogens (tertiary/aromatic N) is 1. The second-order valence-corrected chi connectivity index (χ2v) is 4.42. The third kappa shape index (κ3) is 3.80. The molecule has 1 aromatic carbocycles. The van der Waals surface area contributed by atoms with Gasteiger partial charge in [-0.1, -0.05) is 18.2 Å². The van der Waals surface area contributed by atoms with E-state index in [-0.39, 0.29) is 6.04 Å². The maximum atomic E-state index is 5.62. The molecule has 0 spiro atoms. The topological polar surface area (TPSA) is 34.1 Å². The molecule has 1 aromatic heterocycles. The Balaban J connectivity index is 1.99. The predicted octanol–water partition coefficient (Wildman–Crippen LogP) is 3.33. The summed E-state index contributed by atoms with van der Waals surface area (Å²) in [5.41, 5.74) is 2.43. The van der Waals surface area contributed by atoms with Crippen molar-refractivity contribution >= 4 is 0 Å². The minimum atomic E-state index is 0.290. The van der Waals surface area contributed by atoms with E-state index in [1.807, 2.05) is 49.6 Å². The van der Waals surface area contributed by atoms with Crippen molar-refractivity contribution in [2.75, 3.05) is 6.61 Å². The molecular weight excluding hydrogens is 236 g/mol. The lowest BCUT2D eigenvalue weighted by Crippen LogP contribution is -2.18. The standard InChI is InChI=1S/C16H20N2O/c1-3-19-16-7-5-4-6-15(16)12-18-13(2)14-8-10-17-11-9-14/h4-11,13,18H,3,12H2,1-2H3/t13-/m0/s1. The number of nitrogens with one attached hydrogen (secondary N) is 1. The molecule has 0 aliphatic heterocycles. The van der Waals surface area contributed by atoms with Crippen LogP contribution in [0.15, 0.2) is 48.8 Å². The molecule has 2 rings (SSSR count). The fourth-order valence-corrected chi connectivity index (χ4v) is 1.98. The van der Waals surface area contributed by atoms with Gasteiger partial charge in [-0.15, -0.1) is 0 Å². The van der Waals surface area contributed by atoms with E-state index in [0.717, 1.165) is 12.3 Å². The summed E-state index contributed by atoms with van der Waals surface area (Å²) in [6.45, 7) is 5.64. The van der Waals surface area contributed by atoms with E-state index in [0.29, 0.717) is 6.61 Å². The van der Waals surface area contributed by atoms with Crippen LogP contribution < -0.4 is 10.1 Å². The van der Waals surface area contributed by atoms with Crippen molar-refractivity contribution < 1.29 is 4.74 Å². The molecule has 3 heteroatoms. The average Bonchev–Trinajstić information content (AvgIpc) is 2.47. The Morgan fingerprint density at radius 1 is 1.16 bits per heavy atom. The van der Waals surface area contributed by atoms with Crippen LogP contribution in [0, 0.1) is 0 Å². The molecule has 0 amide bonds. The highest BCUT2D eigenvalue weighted by Crippen LogP contribution is 2.19. The largest absolute Gasteiger partial charge is 0.494 e. The summed E-state index contributed by atoms with van der Waals surface area (Å²) in [6, 6.07) is 12.5. The molecule has 0 fully saturated rings. The van der Waals surface area contributed by atoms with Gasteiger partial charge < -0.3 is 10.1 Å².